The lowest BCUT2D eigenvalue weighted by Crippen LogP contribution is -1.84. The van der Waals surface area contributed by atoms with E-state index < -0.39 is 0 Å². The Kier molecular flexibility index (Phi) is 3.19. The molecule has 1 aromatic carbocycles. The zero-order chi connectivity index (χ0) is 16.7. The summed E-state index contributed by atoms with van der Waals surface area (Å²) < 4.78 is 0. The summed E-state index contributed by atoms with van der Waals surface area (Å²) in [5, 5.41) is 27.1. The van der Waals surface area contributed by atoms with Crippen LogP contribution in [0.15, 0.2) is 46.8 Å². The van der Waals surface area contributed by atoms with Crippen LogP contribution in [-0.2, 0) is 0 Å². The predicted molar refractivity (Wildman–Crippen MR) is 90.9 cm³/mol. The van der Waals surface area contributed by atoms with Gasteiger partial charge in [0.25, 0.3) is 0 Å². The smallest absolute Gasteiger partial charge is 0.183 e. The van der Waals surface area contributed by atoms with Crippen LogP contribution in [-0.4, -0.2) is 25.3 Å². The fourth-order valence-corrected chi connectivity index (χ4v) is 2.76. The summed E-state index contributed by atoms with van der Waals surface area (Å²) in [5.74, 6) is 0.673. The van der Waals surface area contributed by atoms with Crippen molar-refractivity contribution < 1.29 is 5.11 Å². The Morgan fingerprint density at radius 2 is 2.00 bits per heavy atom. The Bertz CT molecular complexity index is 1100. The molecule has 2 N–H and O–H groups in total. The van der Waals surface area contributed by atoms with Gasteiger partial charge in [-0.2, -0.15) is 5.10 Å². The van der Waals surface area contributed by atoms with Gasteiger partial charge in [-0.25, -0.2) is 4.98 Å². The molecular formula is C17H14N6O. The van der Waals surface area contributed by atoms with E-state index in [1.165, 1.54) is 0 Å². The van der Waals surface area contributed by atoms with E-state index >= 15 is 0 Å². The number of fused-ring (bicyclic) bond motifs is 2. The van der Waals surface area contributed by atoms with Gasteiger partial charge in [-0.3, -0.25) is 10.1 Å². The first kappa shape index (κ1) is 14.3. The Balaban J connectivity index is 1.83. The summed E-state index contributed by atoms with van der Waals surface area (Å²) >= 11 is 0. The topological polar surface area (TPSA) is 99.4 Å². The second kappa shape index (κ2) is 5.38. The highest BCUT2D eigenvalue weighted by atomic mass is 16.3. The van der Waals surface area contributed by atoms with Crippen molar-refractivity contribution in [1.29, 1.82) is 0 Å². The maximum absolute atomic E-state index is 9.89. The third-order valence-corrected chi connectivity index (χ3v) is 3.81. The van der Waals surface area contributed by atoms with E-state index in [2.05, 4.69) is 30.4 Å². The van der Waals surface area contributed by atoms with E-state index in [0.29, 0.717) is 22.7 Å². The van der Waals surface area contributed by atoms with Gasteiger partial charge in [0, 0.05) is 17.3 Å². The van der Waals surface area contributed by atoms with Crippen LogP contribution in [0.1, 0.15) is 11.3 Å². The number of phenols is 1. The van der Waals surface area contributed by atoms with E-state index in [9.17, 15) is 5.11 Å². The van der Waals surface area contributed by atoms with E-state index in [1.807, 2.05) is 26.0 Å². The molecule has 3 heterocycles. The molecule has 0 saturated heterocycles. The summed E-state index contributed by atoms with van der Waals surface area (Å²) in [6, 6.07) is 8.89. The second-order valence-electron chi connectivity index (χ2n) is 5.55. The van der Waals surface area contributed by atoms with Gasteiger partial charge in [-0.05, 0) is 49.7 Å². The van der Waals surface area contributed by atoms with Crippen LogP contribution in [0, 0.1) is 13.8 Å². The number of aryl methyl sites for hydroxylation is 2. The number of benzene rings is 1. The molecule has 4 rings (SSSR count). The average Bonchev–Trinajstić information content (AvgIpc) is 2.98. The van der Waals surface area contributed by atoms with Crippen LogP contribution < -0.4 is 0 Å². The van der Waals surface area contributed by atoms with Gasteiger partial charge in [0.15, 0.2) is 11.5 Å². The summed E-state index contributed by atoms with van der Waals surface area (Å²) in [6.45, 7) is 3.92. The van der Waals surface area contributed by atoms with Crippen LogP contribution in [0.25, 0.3) is 21.9 Å². The van der Waals surface area contributed by atoms with Crippen molar-refractivity contribution in [3.8, 4) is 5.75 Å². The molecule has 0 aliphatic rings. The number of phenolic OH excluding ortho intramolecular Hbond substituents is 1. The van der Waals surface area contributed by atoms with Crippen molar-refractivity contribution in [1.82, 2.24) is 20.2 Å². The maximum Gasteiger partial charge on any atom is 0.183 e. The molecule has 7 nitrogen and oxygen atoms in total. The minimum Gasteiger partial charge on any atom is -0.506 e. The zero-order valence-corrected chi connectivity index (χ0v) is 13.1. The van der Waals surface area contributed by atoms with Crippen molar-refractivity contribution in [3.05, 3.63) is 47.8 Å². The summed E-state index contributed by atoms with van der Waals surface area (Å²) in [4.78, 5) is 8.56. The lowest BCUT2D eigenvalue weighted by Gasteiger charge is -2.02. The molecule has 7 heteroatoms. The number of aromatic amines is 1. The Morgan fingerprint density at radius 3 is 2.88 bits per heavy atom. The SMILES string of the molecule is Cc1cc(C)c2c(N=Nc3ccc(O)c4ncccc34)[nH]nc2n1. The summed E-state index contributed by atoms with van der Waals surface area (Å²) in [5.41, 5.74) is 3.69. The third-order valence-electron chi connectivity index (χ3n) is 3.81. The fraction of sp³-hybridized carbons (Fsp3) is 0.118. The highest BCUT2D eigenvalue weighted by molar-refractivity contribution is 5.93. The van der Waals surface area contributed by atoms with Gasteiger partial charge < -0.3 is 5.11 Å². The first-order valence-electron chi connectivity index (χ1n) is 7.44. The normalized spacial score (nSPS) is 11.8. The lowest BCUT2D eigenvalue weighted by atomic mass is 10.1. The van der Waals surface area contributed by atoms with Gasteiger partial charge in [-0.15, -0.1) is 10.2 Å². The Morgan fingerprint density at radius 1 is 1.12 bits per heavy atom. The standard InChI is InChI=1S/C17H14N6O/c1-9-8-10(2)19-16-14(9)17(23-21-16)22-20-12-5-6-13(24)15-11(12)4-3-7-18-15/h3-8,24H,1-2H3,(H,19,21,23). The average molecular weight is 318 g/mol. The van der Waals surface area contributed by atoms with Gasteiger partial charge >= 0.3 is 0 Å². The van der Waals surface area contributed by atoms with E-state index in [-0.39, 0.29) is 5.75 Å². The van der Waals surface area contributed by atoms with Crippen molar-refractivity contribution in [2.45, 2.75) is 13.8 Å². The van der Waals surface area contributed by atoms with E-state index in [0.717, 1.165) is 22.0 Å². The molecule has 118 valence electrons. The Labute approximate surface area is 137 Å². The van der Waals surface area contributed by atoms with Crippen LogP contribution in [0.3, 0.4) is 0 Å². The molecule has 0 saturated carbocycles. The number of azo groups is 1. The quantitative estimate of drug-likeness (QED) is 0.540. The monoisotopic (exact) mass is 318 g/mol. The molecule has 0 aliphatic heterocycles. The van der Waals surface area contributed by atoms with Crippen LogP contribution in [0.5, 0.6) is 5.75 Å². The molecule has 0 amide bonds. The lowest BCUT2D eigenvalue weighted by molar-refractivity contribution is 0.480. The molecule has 3 aromatic heterocycles. The fourth-order valence-electron chi connectivity index (χ4n) is 2.76. The summed E-state index contributed by atoms with van der Waals surface area (Å²) in [7, 11) is 0. The molecule has 0 aliphatic carbocycles. The first-order valence-corrected chi connectivity index (χ1v) is 7.44. The van der Waals surface area contributed by atoms with Crippen LogP contribution in [0.2, 0.25) is 0 Å². The first-order chi connectivity index (χ1) is 11.6. The number of nitrogens with one attached hydrogen (secondary N) is 1. The molecule has 0 fully saturated rings. The number of H-pyrrole nitrogens is 1. The van der Waals surface area contributed by atoms with Crippen molar-refractivity contribution in [2.75, 3.05) is 0 Å². The number of rotatable bonds is 2. The molecule has 24 heavy (non-hydrogen) atoms. The van der Waals surface area contributed by atoms with Crippen molar-refractivity contribution in [2.24, 2.45) is 10.2 Å². The number of aromatic nitrogens is 4. The number of hydrogen-bond acceptors (Lipinski definition) is 6. The minimum absolute atomic E-state index is 0.118. The zero-order valence-electron chi connectivity index (χ0n) is 13.1. The van der Waals surface area contributed by atoms with Crippen molar-refractivity contribution in [3.63, 3.8) is 0 Å². The van der Waals surface area contributed by atoms with Gasteiger partial charge in [0.1, 0.15) is 11.3 Å². The molecule has 4 aromatic rings. The molecular weight excluding hydrogens is 304 g/mol. The van der Waals surface area contributed by atoms with Gasteiger partial charge in [-0.1, -0.05) is 0 Å². The van der Waals surface area contributed by atoms with E-state index in [4.69, 9.17) is 0 Å². The predicted octanol–water partition coefficient (Wildman–Crippen LogP) is 4.24. The van der Waals surface area contributed by atoms with Crippen LogP contribution >= 0.6 is 0 Å². The van der Waals surface area contributed by atoms with E-state index in [1.54, 1.807) is 24.4 Å². The van der Waals surface area contributed by atoms with Crippen LogP contribution in [0.4, 0.5) is 11.5 Å². The molecule has 0 spiro atoms. The highest BCUT2D eigenvalue weighted by Gasteiger charge is 2.10. The van der Waals surface area contributed by atoms with Gasteiger partial charge in [0.05, 0.1) is 11.1 Å². The number of hydrogen-bond donors (Lipinski definition) is 2. The third kappa shape index (κ3) is 2.26. The largest absolute Gasteiger partial charge is 0.506 e. The maximum atomic E-state index is 9.89. The molecule has 0 bridgehead atoms. The minimum atomic E-state index is 0.118. The Hall–Kier alpha value is -3.35. The summed E-state index contributed by atoms with van der Waals surface area (Å²) in [6.07, 6.45) is 1.63. The highest BCUT2D eigenvalue weighted by Crippen LogP contribution is 2.33. The van der Waals surface area contributed by atoms with Crippen molar-refractivity contribution >= 4 is 33.4 Å². The molecule has 0 radical (unpaired) electrons. The molecule has 0 atom stereocenters. The molecule has 0 unspecified atom stereocenters. The number of nitrogens with zero attached hydrogens (tertiary/aromatic N) is 5. The second-order valence-corrected chi connectivity index (χ2v) is 5.55. The number of aromatic hydroxyl groups is 1. The van der Waals surface area contributed by atoms with Gasteiger partial charge in [0.2, 0.25) is 0 Å². The number of pyridine rings is 2.